The summed E-state index contributed by atoms with van der Waals surface area (Å²) in [5.41, 5.74) is 0.428. The van der Waals surface area contributed by atoms with E-state index < -0.39 is 0 Å². The molecule has 4 heteroatoms. The number of aryl methyl sites for hydroxylation is 1. The summed E-state index contributed by atoms with van der Waals surface area (Å²) in [5.74, 6) is -0.495. The van der Waals surface area contributed by atoms with Crippen LogP contribution in [-0.4, -0.2) is 5.91 Å². The molecular formula is C14H14FNOS. The molecule has 0 spiro atoms. The van der Waals surface area contributed by atoms with Gasteiger partial charge in [0.2, 0.25) is 5.91 Å². The predicted molar refractivity (Wildman–Crippen MR) is 71.0 cm³/mol. The van der Waals surface area contributed by atoms with Crippen LogP contribution in [0.1, 0.15) is 15.3 Å². The molecule has 0 aliphatic rings. The van der Waals surface area contributed by atoms with Crippen molar-refractivity contribution >= 4 is 17.2 Å². The number of amides is 1. The van der Waals surface area contributed by atoms with Crippen molar-refractivity contribution in [3.05, 3.63) is 57.5 Å². The van der Waals surface area contributed by atoms with E-state index in [2.05, 4.69) is 5.32 Å². The third kappa shape index (κ3) is 3.40. The highest BCUT2D eigenvalue weighted by atomic mass is 32.1. The molecule has 0 radical (unpaired) electrons. The van der Waals surface area contributed by atoms with Gasteiger partial charge in [-0.3, -0.25) is 4.79 Å². The normalized spacial score (nSPS) is 10.3. The van der Waals surface area contributed by atoms with Crippen LogP contribution in [0.25, 0.3) is 0 Å². The molecule has 0 aliphatic carbocycles. The summed E-state index contributed by atoms with van der Waals surface area (Å²) in [5, 5.41) is 2.79. The van der Waals surface area contributed by atoms with Gasteiger partial charge in [0.15, 0.2) is 0 Å². The molecule has 1 N–H and O–H groups in total. The molecule has 2 rings (SSSR count). The Labute approximate surface area is 109 Å². The number of hydrogen-bond acceptors (Lipinski definition) is 2. The molecule has 1 amide bonds. The smallest absolute Gasteiger partial charge is 0.224 e. The van der Waals surface area contributed by atoms with Crippen molar-refractivity contribution in [3.8, 4) is 0 Å². The second-order valence-electron chi connectivity index (χ2n) is 4.06. The lowest BCUT2D eigenvalue weighted by atomic mass is 10.1. The van der Waals surface area contributed by atoms with Crippen LogP contribution < -0.4 is 5.32 Å². The van der Waals surface area contributed by atoms with E-state index in [-0.39, 0.29) is 18.1 Å². The van der Waals surface area contributed by atoms with Gasteiger partial charge in [-0.25, -0.2) is 4.39 Å². The Bertz CT molecular complexity index is 550. The lowest BCUT2D eigenvalue weighted by Crippen LogP contribution is -2.24. The van der Waals surface area contributed by atoms with Crippen molar-refractivity contribution in [1.82, 2.24) is 5.32 Å². The van der Waals surface area contributed by atoms with Crippen LogP contribution in [0.15, 0.2) is 36.4 Å². The SMILES string of the molecule is Cc1ccc(CNC(=O)Cc2ccccc2F)s1. The van der Waals surface area contributed by atoms with E-state index in [1.165, 1.54) is 10.9 Å². The first-order chi connectivity index (χ1) is 8.65. The summed E-state index contributed by atoms with van der Waals surface area (Å²) < 4.78 is 13.3. The first-order valence-electron chi connectivity index (χ1n) is 5.70. The van der Waals surface area contributed by atoms with E-state index in [1.54, 1.807) is 29.5 Å². The van der Waals surface area contributed by atoms with Crippen LogP contribution >= 0.6 is 11.3 Å². The van der Waals surface area contributed by atoms with E-state index in [4.69, 9.17) is 0 Å². The summed E-state index contributed by atoms with van der Waals surface area (Å²) >= 11 is 1.65. The molecule has 0 aliphatic heterocycles. The fourth-order valence-corrected chi connectivity index (χ4v) is 2.47. The zero-order chi connectivity index (χ0) is 13.0. The molecule has 2 nitrogen and oxygen atoms in total. The number of rotatable bonds is 4. The molecule has 0 saturated carbocycles. The number of carbonyl (C=O) groups is 1. The highest BCUT2D eigenvalue weighted by Crippen LogP contribution is 2.14. The van der Waals surface area contributed by atoms with E-state index in [0.29, 0.717) is 12.1 Å². The van der Waals surface area contributed by atoms with Gasteiger partial charge in [-0.15, -0.1) is 11.3 Å². The van der Waals surface area contributed by atoms with Crippen LogP contribution in [0.3, 0.4) is 0 Å². The summed E-state index contributed by atoms with van der Waals surface area (Å²) in [4.78, 5) is 14.0. The molecule has 0 unspecified atom stereocenters. The average Bonchev–Trinajstić information content (AvgIpc) is 2.76. The van der Waals surface area contributed by atoms with Gasteiger partial charge in [-0.05, 0) is 30.7 Å². The first kappa shape index (κ1) is 12.8. The highest BCUT2D eigenvalue weighted by Gasteiger charge is 2.07. The maximum Gasteiger partial charge on any atom is 0.224 e. The second-order valence-corrected chi connectivity index (χ2v) is 5.43. The lowest BCUT2D eigenvalue weighted by molar-refractivity contribution is -0.120. The summed E-state index contributed by atoms with van der Waals surface area (Å²) in [6.45, 7) is 2.53. The van der Waals surface area contributed by atoms with E-state index >= 15 is 0 Å². The van der Waals surface area contributed by atoms with Gasteiger partial charge in [-0.1, -0.05) is 18.2 Å². The fourth-order valence-electron chi connectivity index (χ4n) is 1.64. The summed E-state index contributed by atoms with van der Waals surface area (Å²) in [6, 6.07) is 10.3. The van der Waals surface area contributed by atoms with E-state index in [9.17, 15) is 9.18 Å². The Morgan fingerprint density at radius 1 is 1.28 bits per heavy atom. The number of benzene rings is 1. The van der Waals surface area contributed by atoms with Crippen LogP contribution in [0.5, 0.6) is 0 Å². The molecular weight excluding hydrogens is 249 g/mol. The highest BCUT2D eigenvalue weighted by molar-refractivity contribution is 7.11. The summed E-state index contributed by atoms with van der Waals surface area (Å²) in [6.07, 6.45) is 0.0804. The third-order valence-corrected chi connectivity index (χ3v) is 3.57. The van der Waals surface area contributed by atoms with Gasteiger partial charge < -0.3 is 5.32 Å². The Morgan fingerprint density at radius 3 is 2.72 bits per heavy atom. The molecule has 0 fully saturated rings. The molecule has 94 valence electrons. The molecule has 1 aromatic carbocycles. The Kier molecular flexibility index (Phi) is 4.10. The van der Waals surface area contributed by atoms with Crippen molar-refractivity contribution in [2.75, 3.05) is 0 Å². The van der Waals surface area contributed by atoms with Gasteiger partial charge >= 0.3 is 0 Å². The molecule has 0 saturated heterocycles. The average molecular weight is 263 g/mol. The minimum atomic E-state index is -0.334. The van der Waals surface area contributed by atoms with Crippen LogP contribution in [-0.2, 0) is 17.8 Å². The number of carbonyl (C=O) groups excluding carboxylic acids is 1. The Morgan fingerprint density at radius 2 is 2.06 bits per heavy atom. The quantitative estimate of drug-likeness (QED) is 0.902. The topological polar surface area (TPSA) is 29.1 Å². The van der Waals surface area contributed by atoms with Crippen LogP contribution in [0.2, 0.25) is 0 Å². The molecule has 0 bridgehead atoms. The van der Waals surface area contributed by atoms with Gasteiger partial charge in [0.05, 0.1) is 13.0 Å². The molecule has 0 atom stereocenters. The largest absolute Gasteiger partial charge is 0.351 e. The number of halogens is 1. The van der Waals surface area contributed by atoms with Gasteiger partial charge in [0.1, 0.15) is 5.82 Å². The van der Waals surface area contributed by atoms with Crippen molar-refractivity contribution in [2.24, 2.45) is 0 Å². The van der Waals surface area contributed by atoms with E-state index in [1.807, 2.05) is 19.1 Å². The number of nitrogens with one attached hydrogen (secondary N) is 1. The second kappa shape index (κ2) is 5.78. The van der Waals surface area contributed by atoms with Crippen LogP contribution in [0.4, 0.5) is 4.39 Å². The first-order valence-corrected chi connectivity index (χ1v) is 6.52. The number of thiophene rings is 1. The van der Waals surface area contributed by atoms with E-state index in [0.717, 1.165) is 4.88 Å². The number of hydrogen-bond donors (Lipinski definition) is 1. The Balaban J connectivity index is 1.88. The fraction of sp³-hybridized carbons (Fsp3) is 0.214. The minimum Gasteiger partial charge on any atom is -0.351 e. The maximum atomic E-state index is 13.3. The lowest BCUT2D eigenvalue weighted by Gasteiger charge is -2.04. The zero-order valence-electron chi connectivity index (χ0n) is 10.1. The maximum absolute atomic E-state index is 13.3. The monoisotopic (exact) mass is 263 g/mol. The van der Waals surface area contributed by atoms with Crippen molar-refractivity contribution in [1.29, 1.82) is 0 Å². The zero-order valence-corrected chi connectivity index (χ0v) is 10.9. The minimum absolute atomic E-state index is 0.0804. The third-order valence-electron chi connectivity index (χ3n) is 2.56. The van der Waals surface area contributed by atoms with Crippen molar-refractivity contribution in [2.45, 2.75) is 19.9 Å². The van der Waals surface area contributed by atoms with Crippen molar-refractivity contribution < 1.29 is 9.18 Å². The summed E-state index contributed by atoms with van der Waals surface area (Å²) in [7, 11) is 0. The predicted octanol–water partition coefficient (Wildman–Crippen LogP) is 3.05. The Hall–Kier alpha value is -1.68. The molecule has 2 aromatic rings. The van der Waals surface area contributed by atoms with Gasteiger partial charge in [0, 0.05) is 9.75 Å². The van der Waals surface area contributed by atoms with Gasteiger partial charge in [0.25, 0.3) is 0 Å². The molecule has 18 heavy (non-hydrogen) atoms. The molecule has 1 heterocycles. The van der Waals surface area contributed by atoms with Crippen molar-refractivity contribution in [3.63, 3.8) is 0 Å². The van der Waals surface area contributed by atoms with Crippen LogP contribution in [0, 0.1) is 12.7 Å². The van der Waals surface area contributed by atoms with Gasteiger partial charge in [-0.2, -0.15) is 0 Å². The molecule has 1 aromatic heterocycles. The standard InChI is InChI=1S/C14H14FNOS/c1-10-6-7-12(18-10)9-16-14(17)8-11-4-2-3-5-13(11)15/h2-7H,8-9H2,1H3,(H,16,17).